The third-order valence-corrected chi connectivity index (χ3v) is 2.78. The molecule has 0 amide bonds. The largest absolute Gasteiger partial charge is 0.486 e. The first-order chi connectivity index (χ1) is 8.15. The summed E-state index contributed by atoms with van der Waals surface area (Å²) in [6.45, 7) is 0.244. The van der Waals surface area contributed by atoms with Crippen molar-refractivity contribution in [1.82, 2.24) is 10.2 Å². The first kappa shape index (κ1) is 12.3. The lowest BCUT2D eigenvalue weighted by molar-refractivity contribution is 0.297. The lowest BCUT2D eigenvalue weighted by atomic mass is 10.3. The highest BCUT2D eigenvalue weighted by atomic mass is 79.9. The smallest absolute Gasteiger partial charge is 0.151 e. The van der Waals surface area contributed by atoms with E-state index in [1.54, 1.807) is 18.2 Å². The van der Waals surface area contributed by atoms with Gasteiger partial charge in [0.25, 0.3) is 0 Å². The topological polar surface area (TPSA) is 35.0 Å². The van der Waals surface area contributed by atoms with E-state index in [1.165, 1.54) is 12.1 Å². The number of nitrogens with zero attached hydrogens (tertiary/aromatic N) is 2. The predicted octanol–water partition coefficient (Wildman–Crippen LogP) is 3.61. The molecule has 2 rings (SSSR count). The molecule has 17 heavy (non-hydrogen) atoms. The van der Waals surface area contributed by atoms with Gasteiger partial charge in [-0.25, -0.2) is 4.39 Å². The summed E-state index contributed by atoms with van der Waals surface area (Å²) >= 11 is 8.82. The normalized spacial score (nSPS) is 10.3. The molecule has 0 spiro atoms. The molecule has 0 radical (unpaired) electrons. The Morgan fingerprint density at radius 3 is 2.71 bits per heavy atom. The Morgan fingerprint density at radius 2 is 2.06 bits per heavy atom. The third kappa shape index (κ3) is 3.38. The number of rotatable bonds is 3. The van der Waals surface area contributed by atoms with Crippen molar-refractivity contribution >= 4 is 27.5 Å². The van der Waals surface area contributed by atoms with Crippen LogP contribution in [0.5, 0.6) is 5.75 Å². The minimum Gasteiger partial charge on any atom is -0.486 e. The van der Waals surface area contributed by atoms with Crippen molar-refractivity contribution in [2.75, 3.05) is 0 Å². The third-order valence-electron chi connectivity index (χ3n) is 1.96. The quantitative estimate of drug-likeness (QED) is 0.867. The summed E-state index contributed by atoms with van der Waals surface area (Å²) in [6, 6.07) is 7.55. The highest BCUT2D eigenvalue weighted by Crippen LogP contribution is 2.26. The van der Waals surface area contributed by atoms with E-state index in [2.05, 4.69) is 26.1 Å². The molecule has 0 atom stereocenters. The Bertz CT molecular complexity index is 521. The summed E-state index contributed by atoms with van der Waals surface area (Å²) in [7, 11) is 0. The molecule has 0 saturated heterocycles. The van der Waals surface area contributed by atoms with Crippen molar-refractivity contribution in [3.8, 4) is 5.75 Å². The van der Waals surface area contributed by atoms with Crippen LogP contribution in [0.2, 0.25) is 5.15 Å². The predicted molar refractivity (Wildman–Crippen MR) is 65.5 cm³/mol. The average molecular weight is 318 g/mol. The van der Waals surface area contributed by atoms with Gasteiger partial charge in [0.15, 0.2) is 5.15 Å². The SMILES string of the molecule is Fc1ccc(OCc2ccc(Cl)nn2)c(Br)c1. The number of benzene rings is 1. The van der Waals surface area contributed by atoms with Crippen molar-refractivity contribution in [3.05, 3.63) is 51.5 Å². The van der Waals surface area contributed by atoms with Gasteiger partial charge in [-0.05, 0) is 46.3 Å². The van der Waals surface area contributed by atoms with Gasteiger partial charge >= 0.3 is 0 Å². The highest BCUT2D eigenvalue weighted by molar-refractivity contribution is 9.10. The number of hydrogen-bond acceptors (Lipinski definition) is 3. The van der Waals surface area contributed by atoms with E-state index in [-0.39, 0.29) is 12.4 Å². The van der Waals surface area contributed by atoms with Gasteiger partial charge in [-0.15, -0.1) is 5.10 Å². The summed E-state index contributed by atoms with van der Waals surface area (Å²) in [4.78, 5) is 0. The van der Waals surface area contributed by atoms with Gasteiger partial charge < -0.3 is 4.74 Å². The van der Waals surface area contributed by atoms with Gasteiger partial charge in [0, 0.05) is 0 Å². The van der Waals surface area contributed by atoms with Gasteiger partial charge in [0.05, 0.1) is 4.47 Å². The maximum Gasteiger partial charge on any atom is 0.151 e. The second-order valence-electron chi connectivity index (χ2n) is 3.21. The molecule has 88 valence electrons. The van der Waals surface area contributed by atoms with Gasteiger partial charge in [0.2, 0.25) is 0 Å². The van der Waals surface area contributed by atoms with Gasteiger partial charge in [-0.1, -0.05) is 11.6 Å². The first-order valence-corrected chi connectivity index (χ1v) is 5.88. The van der Waals surface area contributed by atoms with Crippen molar-refractivity contribution in [2.24, 2.45) is 0 Å². The molecule has 3 nitrogen and oxygen atoms in total. The van der Waals surface area contributed by atoms with Crippen molar-refractivity contribution in [3.63, 3.8) is 0 Å². The minimum absolute atomic E-state index is 0.244. The van der Waals surface area contributed by atoms with Crippen LogP contribution in [0.4, 0.5) is 4.39 Å². The Labute approximate surface area is 111 Å². The Kier molecular flexibility index (Phi) is 3.91. The highest BCUT2D eigenvalue weighted by Gasteiger charge is 2.04. The van der Waals surface area contributed by atoms with Crippen LogP contribution < -0.4 is 4.74 Å². The number of aromatic nitrogens is 2. The maximum absolute atomic E-state index is 12.8. The number of ether oxygens (including phenoxy) is 1. The Hall–Kier alpha value is -1.20. The van der Waals surface area contributed by atoms with Crippen LogP contribution in [-0.4, -0.2) is 10.2 Å². The molecule has 0 N–H and O–H groups in total. The van der Waals surface area contributed by atoms with Crippen LogP contribution in [-0.2, 0) is 6.61 Å². The summed E-state index contributed by atoms with van der Waals surface area (Å²) in [5.41, 5.74) is 0.644. The standard InChI is InChI=1S/C11H7BrClFN2O/c12-9-5-7(14)1-3-10(9)17-6-8-2-4-11(13)16-15-8/h1-5H,6H2. The van der Waals surface area contributed by atoms with E-state index in [0.29, 0.717) is 21.1 Å². The van der Waals surface area contributed by atoms with E-state index >= 15 is 0 Å². The monoisotopic (exact) mass is 316 g/mol. The molecule has 1 aromatic heterocycles. The second-order valence-corrected chi connectivity index (χ2v) is 4.45. The lowest BCUT2D eigenvalue weighted by Gasteiger charge is -2.07. The summed E-state index contributed by atoms with van der Waals surface area (Å²) in [5.74, 6) is 0.221. The van der Waals surface area contributed by atoms with E-state index in [9.17, 15) is 4.39 Å². The summed E-state index contributed by atoms with van der Waals surface area (Å²) in [5, 5.41) is 7.87. The fraction of sp³-hybridized carbons (Fsp3) is 0.0909. The summed E-state index contributed by atoms with van der Waals surface area (Å²) in [6.07, 6.45) is 0. The van der Waals surface area contributed by atoms with Crippen LogP contribution >= 0.6 is 27.5 Å². The molecule has 6 heteroatoms. The average Bonchev–Trinajstić information content (AvgIpc) is 2.30. The zero-order valence-electron chi connectivity index (χ0n) is 8.53. The Balaban J connectivity index is 2.04. The van der Waals surface area contributed by atoms with E-state index in [0.717, 1.165) is 0 Å². The fourth-order valence-corrected chi connectivity index (χ4v) is 1.73. The van der Waals surface area contributed by atoms with Crippen LogP contribution in [0.3, 0.4) is 0 Å². The van der Waals surface area contributed by atoms with Gasteiger partial charge in [-0.3, -0.25) is 0 Å². The number of hydrogen-bond donors (Lipinski definition) is 0. The minimum atomic E-state index is -0.324. The molecule has 0 aliphatic rings. The Morgan fingerprint density at radius 1 is 1.24 bits per heavy atom. The van der Waals surface area contributed by atoms with Crippen LogP contribution in [0.1, 0.15) is 5.69 Å². The van der Waals surface area contributed by atoms with E-state index < -0.39 is 0 Å². The summed E-state index contributed by atoms with van der Waals surface area (Å²) < 4.78 is 18.8. The van der Waals surface area contributed by atoms with Crippen LogP contribution in [0.25, 0.3) is 0 Å². The van der Waals surface area contributed by atoms with Crippen molar-refractivity contribution in [1.29, 1.82) is 0 Å². The maximum atomic E-state index is 12.8. The van der Waals surface area contributed by atoms with Crippen LogP contribution in [0, 0.1) is 5.82 Å². The molecule has 0 aliphatic carbocycles. The van der Waals surface area contributed by atoms with Crippen LogP contribution in [0.15, 0.2) is 34.8 Å². The lowest BCUT2D eigenvalue weighted by Crippen LogP contribution is -2.00. The molecule has 0 fully saturated rings. The molecule has 1 heterocycles. The zero-order valence-corrected chi connectivity index (χ0v) is 10.9. The zero-order chi connectivity index (χ0) is 12.3. The molecule has 0 unspecified atom stereocenters. The second kappa shape index (κ2) is 5.42. The molecular weight excluding hydrogens is 310 g/mol. The molecule has 1 aromatic carbocycles. The van der Waals surface area contributed by atoms with Gasteiger partial charge in [0.1, 0.15) is 23.9 Å². The number of halogens is 3. The molecular formula is C11H7BrClFN2O. The van der Waals surface area contributed by atoms with E-state index in [4.69, 9.17) is 16.3 Å². The van der Waals surface area contributed by atoms with Crippen molar-refractivity contribution in [2.45, 2.75) is 6.61 Å². The first-order valence-electron chi connectivity index (χ1n) is 4.71. The molecule has 0 saturated carbocycles. The van der Waals surface area contributed by atoms with Crippen molar-refractivity contribution < 1.29 is 9.13 Å². The fourth-order valence-electron chi connectivity index (χ4n) is 1.16. The molecule has 2 aromatic rings. The molecule has 0 bridgehead atoms. The molecule has 0 aliphatic heterocycles. The van der Waals surface area contributed by atoms with Gasteiger partial charge in [-0.2, -0.15) is 5.10 Å². The van der Waals surface area contributed by atoms with E-state index in [1.807, 2.05) is 0 Å².